The van der Waals surface area contributed by atoms with Crippen LogP contribution < -0.4 is 11.1 Å². The van der Waals surface area contributed by atoms with Crippen molar-refractivity contribution in [3.8, 4) is 0 Å². The highest BCUT2D eigenvalue weighted by Crippen LogP contribution is 2.29. The molecule has 1 fully saturated rings. The summed E-state index contributed by atoms with van der Waals surface area (Å²) in [6.45, 7) is 3.53. The molecule has 1 aliphatic carbocycles. The molecule has 1 aliphatic rings. The number of amides is 1. The molecule has 21 heavy (non-hydrogen) atoms. The second-order valence-electron chi connectivity index (χ2n) is 5.81. The van der Waals surface area contributed by atoms with Crippen LogP contribution in [0.15, 0.2) is 12.1 Å². The lowest BCUT2D eigenvalue weighted by Gasteiger charge is -2.25. The molecule has 0 bridgehead atoms. The first kappa shape index (κ1) is 15.4. The zero-order valence-electron chi connectivity index (χ0n) is 12.4. The summed E-state index contributed by atoms with van der Waals surface area (Å²) in [6.07, 6.45) is 3.26. The molecule has 2 rings (SSSR count). The van der Waals surface area contributed by atoms with Gasteiger partial charge in [-0.15, -0.1) is 0 Å². The molecule has 6 nitrogen and oxygen atoms in total. The molecule has 0 aliphatic heterocycles. The van der Waals surface area contributed by atoms with Crippen LogP contribution in [-0.4, -0.2) is 16.9 Å². The van der Waals surface area contributed by atoms with Crippen molar-refractivity contribution in [2.24, 2.45) is 11.7 Å². The highest BCUT2D eigenvalue weighted by atomic mass is 16.6. The van der Waals surface area contributed by atoms with Crippen LogP contribution in [0.3, 0.4) is 0 Å². The van der Waals surface area contributed by atoms with E-state index < -0.39 is 4.92 Å². The largest absolute Gasteiger partial charge is 0.328 e. The first-order chi connectivity index (χ1) is 9.88. The lowest BCUT2D eigenvalue weighted by atomic mass is 9.86. The van der Waals surface area contributed by atoms with Gasteiger partial charge in [-0.1, -0.05) is 0 Å². The molecule has 1 aromatic carbocycles. The maximum Gasteiger partial charge on any atom is 0.274 e. The third-order valence-corrected chi connectivity index (χ3v) is 4.14. The lowest BCUT2D eigenvalue weighted by molar-refractivity contribution is -0.385. The van der Waals surface area contributed by atoms with Crippen molar-refractivity contribution in [3.05, 3.63) is 33.4 Å². The number of carbonyl (C=O) groups is 1. The number of nitro groups is 1. The molecule has 0 unspecified atom stereocenters. The molecular weight excluding hydrogens is 270 g/mol. The number of nitro benzene ring substituents is 1. The van der Waals surface area contributed by atoms with Crippen LogP contribution in [0.1, 0.15) is 36.8 Å². The Morgan fingerprint density at radius 1 is 1.24 bits per heavy atom. The van der Waals surface area contributed by atoms with E-state index in [4.69, 9.17) is 5.73 Å². The number of hydrogen-bond donors (Lipinski definition) is 2. The summed E-state index contributed by atoms with van der Waals surface area (Å²) in [5.74, 6) is -0.118. The summed E-state index contributed by atoms with van der Waals surface area (Å²) >= 11 is 0. The highest BCUT2D eigenvalue weighted by molar-refractivity contribution is 5.93. The van der Waals surface area contributed by atoms with E-state index in [2.05, 4.69) is 5.32 Å². The monoisotopic (exact) mass is 291 g/mol. The molecule has 0 spiro atoms. The Labute approximate surface area is 123 Å². The van der Waals surface area contributed by atoms with E-state index in [0.717, 1.165) is 31.2 Å². The fourth-order valence-corrected chi connectivity index (χ4v) is 2.79. The van der Waals surface area contributed by atoms with E-state index in [0.29, 0.717) is 11.3 Å². The number of nitrogens with zero attached hydrogens (tertiary/aromatic N) is 1. The molecule has 6 heteroatoms. The van der Waals surface area contributed by atoms with Gasteiger partial charge in [0.25, 0.3) is 5.69 Å². The Morgan fingerprint density at radius 2 is 1.86 bits per heavy atom. The van der Waals surface area contributed by atoms with Gasteiger partial charge in [0, 0.05) is 23.6 Å². The number of nitrogens with two attached hydrogens (primary N) is 1. The molecule has 1 amide bonds. The molecule has 0 radical (unpaired) electrons. The predicted molar refractivity (Wildman–Crippen MR) is 81.1 cm³/mol. The van der Waals surface area contributed by atoms with Crippen LogP contribution in [0.4, 0.5) is 11.4 Å². The average Bonchev–Trinajstić information content (AvgIpc) is 2.42. The number of rotatable bonds is 3. The van der Waals surface area contributed by atoms with Gasteiger partial charge in [0.15, 0.2) is 0 Å². The van der Waals surface area contributed by atoms with Crippen LogP contribution in [0.5, 0.6) is 0 Å². The third kappa shape index (κ3) is 3.58. The molecule has 0 heterocycles. The van der Waals surface area contributed by atoms with E-state index in [-0.39, 0.29) is 23.6 Å². The third-order valence-electron chi connectivity index (χ3n) is 4.14. The molecule has 114 valence electrons. The minimum Gasteiger partial charge on any atom is -0.328 e. The zero-order valence-corrected chi connectivity index (χ0v) is 12.4. The minimum atomic E-state index is -0.427. The Kier molecular flexibility index (Phi) is 4.57. The van der Waals surface area contributed by atoms with Crippen LogP contribution in [-0.2, 0) is 4.79 Å². The van der Waals surface area contributed by atoms with Crippen molar-refractivity contribution in [2.45, 2.75) is 45.6 Å². The van der Waals surface area contributed by atoms with Gasteiger partial charge in [0.2, 0.25) is 5.91 Å². The summed E-state index contributed by atoms with van der Waals surface area (Å²) < 4.78 is 0. The predicted octanol–water partition coefficient (Wildman–Crippen LogP) is 2.67. The first-order valence-electron chi connectivity index (χ1n) is 7.20. The number of benzene rings is 1. The van der Waals surface area contributed by atoms with Crippen molar-refractivity contribution in [1.82, 2.24) is 0 Å². The summed E-state index contributed by atoms with van der Waals surface area (Å²) in [6, 6.07) is 3.36. The summed E-state index contributed by atoms with van der Waals surface area (Å²) in [4.78, 5) is 22.8. The van der Waals surface area contributed by atoms with Crippen molar-refractivity contribution in [3.63, 3.8) is 0 Å². The second kappa shape index (κ2) is 6.22. The van der Waals surface area contributed by atoms with Crippen molar-refractivity contribution in [1.29, 1.82) is 0 Å². The highest BCUT2D eigenvalue weighted by Gasteiger charge is 2.25. The molecule has 0 saturated heterocycles. The fraction of sp³-hybridized carbons (Fsp3) is 0.533. The average molecular weight is 291 g/mol. The van der Waals surface area contributed by atoms with Crippen molar-refractivity contribution >= 4 is 17.3 Å². The SMILES string of the molecule is Cc1cc(C)c([N+](=O)[O-])cc1NC(=O)C1CCC(N)CC1. The maximum absolute atomic E-state index is 12.3. The Hall–Kier alpha value is -1.95. The van der Waals surface area contributed by atoms with E-state index in [1.807, 2.05) is 6.92 Å². The topological polar surface area (TPSA) is 98.3 Å². The van der Waals surface area contributed by atoms with E-state index in [1.165, 1.54) is 6.07 Å². The first-order valence-corrected chi connectivity index (χ1v) is 7.20. The zero-order chi connectivity index (χ0) is 15.6. The number of nitrogens with one attached hydrogen (secondary N) is 1. The van der Waals surface area contributed by atoms with E-state index in [9.17, 15) is 14.9 Å². The molecule has 3 N–H and O–H groups in total. The lowest BCUT2D eigenvalue weighted by Crippen LogP contribution is -2.32. The molecular formula is C15H21N3O3. The van der Waals surface area contributed by atoms with Crippen LogP contribution in [0.25, 0.3) is 0 Å². The number of anilines is 1. The number of carbonyl (C=O) groups excluding carboxylic acids is 1. The summed E-state index contributed by atoms with van der Waals surface area (Å²) in [5, 5.41) is 13.8. The quantitative estimate of drug-likeness (QED) is 0.660. The number of hydrogen-bond acceptors (Lipinski definition) is 4. The molecule has 1 aromatic rings. The van der Waals surface area contributed by atoms with Gasteiger partial charge in [-0.3, -0.25) is 14.9 Å². The van der Waals surface area contributed by atoms with Gasteiger partial charge < -0.3 is 11.1 Å². The van der Waals surface area contributed by atoms with Crippen LogP contribution in [0.2, 0.25) is 0 Å². The molecule has 1 saturated carbocycles. The van der Waals surface area contributed by atoms with Gasteiger partial charge in [0.05, 0.1) is 10.6 Å². The fourth-order valence-electron chi connectivity index (χ4n) is 2.79. The van der Waals surface area contributed by atoms with Gasteiger partial charge in [-0.25, -0.2) is 0 Å². The molecule has 0 atom stereocenters. The Balaban J connectivity index is 2.13. The van der Waals surface area contributed by atoms with Crippen molar-refractivity contribution in [2.75, 3.05) is 5.32 Å². The summed E-state index contributed by atoms with van der Waals surface area (Å²) in [5.41, 5.74) is 7.82. The standard InChI is InChI=1S/C15H21N3O3/c1-9-7-10(2)14(18(20)21)8-13(9)17-15(19)11-3-5-12(16)6-4-11/h7-8,11-12H,3-6,16H2,1-2H3,(H,17,19). The molecule has 0 aromatic heterocycles. The smallest absolute Gasteiger partial charge is 0.274 e. The van der Waals surface area contributed by atoms with Crippen LogP contribution >= 0.6 is 0 Å². The van der Waals surface area contributed by atoms with Crippen LogP contribution in [0, 0.1) is 29.9 Å². The second-order valence-corrected chi connectivity index (χ2v) is 5.81. The maximum atomic E-state index is 12.3. The number of aryl methyl sites for hydroxylation is 2. The van der Waals surface area contributed by atoms with Gasteiger partial charge in [-0.05, 0) is 51.2 Å². The van der Waals surface area contributed by atoms with E-state index >= 15 is 0 Å². The normalized spacial score (nSPS) is 21.9. The van der Waals surface area contributed by atoms with E-state index in [1.54, 1.807) is 13.0 Å². The Morgan fingerprint density at radius 3 is 2.43 bits per heavy atom. The Bertz CT molecular complexity index is 564. The van der Waals surface area contributed by atoms with Gasteiger partial charge in [0.1, 0.15) is 0 Å². The van der Waals surface area contributed by atoms with Crippen molar-refractivity contribution < 1.29 is 9.72 Å². The summed E-state index contributed by atoms with van der Waals surface area (Å²) in [7, 11) is 0. The van der Waals surface area contributed by atoms with Gasteiger partial charge in [-0.2, -0.15) is 0 Å². The minimum absolute atomic E-state index is 0.0292. The van der Waals surface area contributed by atoms with Gasteiger partial charge >= 0.3 is 0 Å².